The van der Waals surface area contributed by atoms with Crippen LogP contribution in [0.25, 0.3) is 0 Å². The van der Waals surface area contributed by atoms with E-state index in [0.29, 0.717) is 38.5 Å². The number of nitrogens with one attached hydrogen (secondary N) is 1. The van der Waals surface area contributed by atoms with Crippen LogP contribution < -0.4 is 10.1 Å². The molecule has 5 rings (SSSR count). The van der Waals surface area contributed by atoms with Crippen LogP contribution in [0.2, 0.25) is 0 Å². The van der Waals surface area contributed by atoms with Gasteiger partial charge in [0.05, 0.1) is 0 Å². The molecular weight excluding hydrogens is 452 g/mol. The van der Waals surface area contributed by atoms with Gasteiger partial charge in [-0.1, -0.05) is 60.7 Å². The monoisotopic (exact) mass is 484 g/mol. The Labute approximate surface area is 211 Å². The largest absolute Gasteiger partial charge is 0.489 e. The topological polar surface area (TPSA) is 78.9 Å². The summed E-state index contributed by atoms with van der Waals surface area (Å²) in [6.45, 7) is 1.87. The predicted molar refractivity (Wildman–Crippen MR) is 138 cm³/mol. The molecule has 1 spiro atoms. The van der Waals surface area contributed by atoms with Gasteiger partial charge in [0.15, 0.2) is 0 Å². The van der Waals surface area contributed by atoms with Crippen LogP contribution in [-0.2, 0) is 22.6 Å². The minimum absolute atomic E-state index is 0.0124. The third-order valence-electron chi connectivity index (χ3n) is 7.22. The molecule has 0 aromatic heterocycles. The van der Waals surface area contributed by atoms with Gasteiger partial charge >= 0.3 is 0 Å². The van der Waals surface area contributed by atoms with E-state index in [1.54, 1.807) is 4.90 Å². The molecule has 0 unspecified atom stereocenters. The molecule has 3 aromatic carbocycles. The maximum absolute atomic E-state index is 12.6. The van der Waals surface area contributed by atoms with Gasteiger partial charge in [-0.3, -0.25) is 9.59 Å². The molecule has 1 saturated carbocycles. The van der Waals surface area contributed by atoms with Crippen LogP contribution in [-0.4, -0.2) is 41.0 Å². The van der Waals surface area contributed by atoms with E-state index >= 15 is 0 Å². The zero-order valence-corrected chi connectivity index (χ0v) is 20.3. The van der Waals surface area contributed by atoms with E-state index in [2.05, 4.69) is 5.32 Å². The highest BCUT2D eigenvalue weighted by Gasteiger charge is 2.54. The number of carbonyl (C=O) groups is 2. The molecular formula is C30H32N2O4. The summed E-state index contributed by atoms with van der Waals surface area (Å²) in [5, 5.41) is 13.3. The Morgan fingerprint density at radius 2 is 1.53 bits per heavy atom. The molecule has 2 aliphatic rings. The normalized spacial score (nSPS) is 17.1. The van der Waals surface area contributed by atoms with Gasteiger partial charge in [0, 0.05) is 37.0 Å². The number of nitrogens with zero attached hydrogens (tertiary/aromatic N) is 1. The van der Waals surface area contributed by atoms with Crippen LogP contribution in [0.1, 0.15) is 30.4 Å². The van der Waals surface area contributed by atoms with Gasteiger partial charge < -0.3 is 20.1 Å². The standard InChI is InChI=1S/C30H32N2O4/c33-27(15-22-7-3-1-4-8-22)29(35)32-20-30(21-32)17-24(18-30)16-28(34)31-25-11-13-26(14-12-25)36-19-23-9-5-2-6-10-23/h1-14,24,27,33H,15-21H2,(H,31,34)/t27-/m1/s1. The number of carbonyl (C=O) groups excluding carboxylic acids is 2. The summed E-state index contributed by atoms with van der Waals surface area (Å²) in [6.07, 6.45) is 1.72. The summed E-state index contributed by atoms with van der Waals surface area (Å²) in [6, 6.07) is 27.0. The summed E-state index contributed by atoms with van der Waals surface area (Å²) in [4.78, 5) is 26.8. The van der Waals surface area contributed by atoms with Crippen molar-refractivity contribution < 1.29 is 19.4 Å². The van der Waals surface area contributed by atoms with Gasteiger partial charge in [-0.2, -0.15) is 0 Å². The second-order valence-electron chi connectivity index (χ2n) is 10.2. The van der Waals surface area contributed by atoms with Gasteiger partial charge in [-0.15, -0.1) is 0 Å². The van der Waals surface area contributed by atoms with Crippen molar-refractivity contribution in [2.24, 2.45) is 11.3 Å². The number of ether oxygens (including phenoxy) is 1. The average Bonchev–Trinajstić information content (AvgIpc) is 2.85. The van der Waals surface area contributed by atoms with Crippen molar-refractivity contribution >= 4 is 17.5 Å². The fourth-order valence-electron chi connectivity index (χ4n) is 5.47. The number of likely N-dealkylation sites (tertiary alicyclic amines) is 1. The van der Waals surface area contributed by atoms with Crippen molar-refractivity contribution in [3.8, 4) is 5.75 Å². The van der Waals surface area contributed by atoms with Crippen molar-refractivity contribution in [1.82, 2.24) is 4.90 Å². The van der Waals surface area contributed by atoms with E-state index in [9.17, 15) is 14.7 Å². The molecule has 1 heterocycles. The lowest BCUT2D eigenvalue weighted by atomic mass is 9.57. The predicted octanol–water partition coefficient (Wildman–Crippen LogP) is 4.44. The number of aliphatic hydroxyl groups is 1. The Kier molecular flexibility index (Phi) is 7.05. The van der Waals surface area contributed by atoms with Crippen LogP contribution in [0.3, 0.4) is 0 Å². The van der Waals surface area contributed by atoms with Crippen molar-refractivity contribution in [1.29, 1.82) is 0 Å². The lowest BCUT2D eigenvalue weighted by molar-refractivity contribution is -0.164. The molecule has 1 aliphatic carbocycles. The summed E-state index contributed by atoms with van der Waals surface area (Å²) in [7, 11) is 0. The number of amides is 2. The molecule has 0 bridgehead atoms. The van der Waals surface area contributed by atoms with Crippen molar-refractivity contribution in [2.75, 3.05) is 18.4 Å². The highest BCUT2D eigenvalue weighted by molar-refractivity contribution is 5.91. The summed E-state index contributed by atoms with van der Waals surface area (Å²) >= 11 is 0. The van der Waals surface area contributed by atoms with Gasteiger partial charge in [0.1, 0.15) is 18.5 Å². The first kappa shape index (κ1) is 24.1. The number of aliphatic hydroxyl groups excluding tert-OH is 1. The fourth-order valence-corrected chi connectivity index (χ4v) is 5.47. The van der Waals surface area contributed by atoms with Crippen LogP contribution in [0.5, 0.6) is 5.75 Å². The van der Waals surface area contributed by atoms with Gasteiger partial charge in [0.2, 0.25) is 5.91 Å². The molecule has 1 saturated heterocycles. The van der Waals surface area contributed by atoms with E-state index in [-0.39, 0.29) is 17.2 Å². The van der Waals surface area contributed by atoms with Crippen molar-refractivity contribution in [3.63, 3.8) is 0 Å². The molecule has 3 aromatic rings. The number of hydrogen-bond donors (Lipinski definition) is 2. The Morgan fingerprint density at radius 1 is 0.917 bits per heavy atom. The minimum atomic E-state index is -0.999. The number of benzene rings is 3. The van der Waals surface area contributed by atoms with Gasteiger partial charge in [0.25, 0.3) is 5.91 Å². The molecule has 6 heteroatoms. The lowest BCUT2D eigenvalue weighted by Crippen LogP contribution is -2.65. The Hall–Kier alpha value is -3.64. The Morgan fingerprint density at radius 3 is 2.17 bits per heavy atom. The molecule has 6 nitrogen and oxygen atoms in total. The fraction of sp³-hybridized carbons (Fsp3) is 0.333. The lowest BCUT2D eigenvalue weighted by Gasteiger charge is -2.59. The SMILES string of the molecule is O=C(CC1CC2(C1)CN(C(=O)[C@H](O)Cc1ccccc1)C2)Nc1ccc(OCc2ccccc2)cc1. The quantitative estimate of drug-likeness (QED) is 0.471. The maximum atomic E-state index is 12.6. The number of anilines is 1. The Bertz CT molecular complexity index is 1170. The summed E-state index contributed by atoms with van der Waals surface area (Å²) in [5.74, 6) is 0.918. The molecule has 1 atom stereocenters. The first-order valence-corrected chi connectivity index (χ1v) is 12.6. The molecule has 36 heavy (non-hydrogen) atoms. The Balaban J connectivity index is 1.00. The molecule has 2 amide bonds. The molecule has 0 radical (unpaired) electrons. The highest BCUT2D eigenvalue weighted by atomic mass is 16.5. The maximum Gasteiger partial charge on any atom is 0.251 e. The van der Waals surface area contributed by atoms with Crippen molar-refractivity contribution in [3.05, 3.63) is 96.1 Å². The van der Waals surface area contributed by atoms with E-state index in [4.69, 9.17) is 4.74 Å². The first-order valence-electron chi connectivity index (χ1n) is 12.6. The number of rotatable bonds is 9. The molecule has 186 valence electrons. The van der Waals surface area contributed by atoms with Crippen LogP contribution in [0, 0.1) is 11.3 Å². The zero-order chi connectivity index (χ0) is 25.0. The minimum Gasteiger partial charge on any atom is -0.489 e. The highest BCUT2D eigenvalue weighted by Crippen LogP contribution is 2.53. The van der Waals surface area contributed by atoms with E-state index in [0.717, 1.165) is 35.4 Å². The zero-order valence-electron chi connectivity index (χ0n) is 20.3. The van der Waals surface area contributed by atoms with Crippen LogP contribution in [0.4, 0.5) is 5.69 Å². The first-order chi connectivity index (χ1) is 17.5. The van der Waals surface area contributed by atoms with Crippen LogP contribution >= 0.6 is 0 Å². The summed E-state index contributed by atoms with van der Waals surface area (Å²) in [5.41, 5.74) is 2.95. The second-order valence-corrected chi connectivity index (χ2v) is 10.2. The molecule has 1 aliphatic heterocycles. The average molecular weight is 485 g/mol. The van der Waals surface area contributed by atoms with E-state index in [1.165, 1.54) is 0 Å². The molecule has 2 N–H and O–H groups in total. The smallest absolute Gasteiger partial charge is 0.251 e. The third-order valence-corrected chi connectivity index (χ3v) is 7.22. The summed E-state index contributed by atoms with van der Waals surface area (Å²) < 4.78 is 5.80. The van der Waals surface area contributed by atoms with Crippen molar-refractivity contribution in [2.45, 2.75) is 38.4 Å². The van der Waals surface area contributed by atoms with E-state index in [1.807, 2.05) is 84.9 Å². The third kappa shape index (κ3) is 5.77. The van der Waals surface area contributed by atoms with Crippen LogP contribution in [0.15, 0.2) is 84.9 Å². The number of hydrogen-bond acceptors (Lipinski definition) is 4. The van der Waals surface area contributed by atoms with Gasteiger partial charge in [-0.05, 0) is 54.2 Å². The molecule has 2 fully saturated rings. The van der Waals surface area contributed by atoms with Gasteiger partial charge in [-0.25, -0.2) is 0 Å². The second kappa shape index (κ2) is 10.5. The van der Waals surface area contributed by atoms with E-state index < -0.39 is 6.10 Å².